The SMILES string of the molecule is O=C(CCCc1nc(-c2ccc(Cl)cc2)no1)Nc1cccc(C(=O)Nc2ccncc2)c1. The highest BCUT2D eigenvalue weighted by molar-refractivity contribution is 6.30. The third-order valence-electron chi connectivity index (χ3n) is 4.71. The first-order chi connectivity index (χ1) is 16.1. The van der Waals surface area contributed by atoms with Crippen LogP contribution in [0.25, 0.3) is 11.4 Å². The average molecular weight is 462 g/mol. The summed E-state index contributed by atoms with van der Waals surface area (Å²) in [5, 5.41) is 10.2. The number of amides is 2. The van der Waals surface area contributed by atoms with E-state index in [9.17, 15) is 9.59 Å². The smallest absolute Gasteiger partial charge is 0.255 e. The molecule has 0 aliphatic heterocycles. The van der Waals surface area contributed by atoms with Crippen molar-refractivity contribution >= 4 is 34.8 Å². The van der Waals surface area contributed by atoms with E-state index in [1.807, 2.05) is 12.1 Å². The molecule has 9 heteroatoms. The summed E-state index contributed by atoms with van der Waals surface area (Å²) in [7, 11) is 0. The van der Waals surface area contributed by atoms with Crippen molar-refractivity contribution in [2.45, 2.75) is 19.3 Å². The van der Waals surface area contributed by atoms with Gasteiger partial charge in [0, 0.05) is 52.8 Å². The molecule has 2 heterocycles. The van der Waals surface area contributed by atoms with Crippen LogP contribution in [-0.2, 0) is 11.2 Å². The van der Waals surface area contributed by atoms with E-state index in [0.29, 0.717) is 46.5 Å². The molecule has 4 rings (SSSR count). The van der Waals surface area contributed by atoms with Gasteiger partial charge in [-0.1, -0.05) is 22.8 Å². The number of carbonyl (C=O) groups excluding carboxylic acids is 2. The molecule has 0 spiro atoms. The Morgan fingerprint density at radius 2 is 1.73 bits per heavy atom. The molecule has 8 nitrogen and oxygen atoms in total. The third kappa shape index (κ3) is 6.24. The summed E-state index contributed by atoms with van der Waals surface area (Å²) in [5.41, 5.74) is 2.43. The Morgan fingerprint density at radius 3 is 2.52 bits per heavy atom. The lowest BCUT2D eigenvalue weighted by molar-refractivity contribution is -0.116. The summed E-state index contributed by atoms with van der Waals surface area (Å²) < 4.78 is 5.27. The van der Waals surface area contributed by atoms with Gasteiger partial charge in [-0.25, -0.2) is 0 Å². The maximum Gasteiger partial charge on any atom is 0.255 e. The number of aryl methyl sites for hydroxylation is 1. The van der Waals surface area contributed by atoms with Gasteiger partial charge in [0.25, 0.3) is 5.91 Å². The van der Waals surface area contributed by atoms with Crippen molar-refractivity contribution in [1.82, 2.24) is 15.1 Å². The van der Waals surface area contributed by atoms with E-state index in [-0.39, 0.29) is 18.2 Å². The van der Waals surface area contributed by atoms with Crippen LogP contribution in [0, 0.1) is 0 Å². The molecule has 0 aliphatic carbocycles. The minimum absolute atomic E-state index is 0.167. The number of nitrogens with one attached hydrogen (secondary N) is 2. The van der Waals surface area contributed by atoms with Crippen LogP contribution in [0.4, 0.5) is 11.4 Å². The summed E-state index contributed by atoms with van der Waals surface area (Å²) in [6.07, 6.45) is 4.48. The summed E-state index contributed by atoms with van der Waals surface area (Å²) in [5.74, 6) is 0.500. The van der Waals surface area contributed by atoms with Crippen LogP contribution < -0.4 is 10.6 Å². The van der Waals surface area contributed by atoms with Crippen LogP contribution in [-0.4, -0.2) is 26.9 Å². The highest BCUT2D eigenvalue weighted by atomic mass is 35.5. The number of hydrogen-bond donors (Lipinski definition) is 2. The standard InChI is InChI=1S/C24H20ClN5O3/c25-18-9-7-16(8-10-18)23-29-22(33-30-23)6-2-5-21(31)27-20-4-1-3-17(15-20)24(32)28-19-11-13-26-14-12-19/h1,3-4,7-15H,2,5-6H2,(H,27,31)(H,26,28,32). The molecule has 2 aromatic heterocycles. The second-order valence-corrected chi connectivity index (χ2v) is 7.63. The highest BCUT2D eigenvalue weighted by Gasteiger charge is 2.11. The predicted octanol–water partition coefficient (Wildman–Crippen LogP) is 5.00. The number of pyridine rings is 1. The Kier molecular flexibility index (Phi) is 7.06. The summed E-state index contributed by atoms with van der Waals surface area (Å²) in [6.45, 7) is 0. The fourth-order valence-corrected chi connectivity index (χ4v) is 3.20. The van der Waals surface area contributed by atoms with Gasteiger partial charge in [0.1, 0.15) is 0 Å². The lowest BCUT2D eigenvalue weighted by atomic mass is 10.1. The van der Waals surface area contributed by atoms with Crippen LogP contribution >= 0.6 is 11.6 Å². The number of benzene rings is 2. The van der Waals surface area contributed by atoms with Crippen LogP contribution in [0.2, 0.25) is 5.02 Å². The number of anilines is 2. The molecule has 0 unspecified atom stereocenters. The molecular formula is C24H20ClN5O3. The van der Waals surface area contributed by atoms with Gasteiger partial charge in [-0.05, 0) is 61.0 Å². The van der Waals surface area contributed by atoms with E-state index in [4.69, 9.17) is 16.1 Å². The van der Waals surface area contributed by atoms with Gasteiger partial charge in [0.2, 0.25) is 17.6 Å². The van der Waals surface area contributed by atoms with Crippen molar-refractivity contribution in [3.8, 4) is 11.4 Å². The maximum absolute atomic E-state index is 12.4. The molecule has 0 atom stereocenters. The Balaban J connectivity index is 1.27. The van der Waals surface area contributed by atoms with Gasteiger partial charge in [-0.2, -0.15) is 4.98 Å². The van der Waals surface area contributed by atoms with E-state index in [1.54, 1.807) is 60.9 Å². The van der Waals surface area contributed by atoms with Crippen molar-refractivity contribution in [3.63, 3.8) is 0 Å². The molecule has 0 aliphatic rings. The van der Waals surface area contributed by atoms with E-state index in [1.165, 1.54) is 0 Å². The first-order valence-electron chi connectivity index (χ1n) is 10.3. The molecule has 2 aromatic carbocycles. The fourth-order valence-electron chi connectivity index (χ4n) is 3.07. The average Bonchev–Trinajstić information content (AvgIpc) is 3.29. The number of carbonyl (C=O) groups is 2. The Morgan fingerprint density at radius 1 is 0.939 bits per heavy atom. The first-order valence-corrected chi connectivity index (χ1v) is 10.6. The normalized spacial score (nSPS) is 10.6. The topological polar surface area (TPSA) is 110 Å². The van der Waals surface area contributed by atoms with Crippen LogP contribution in [0.1, 0.15) is 29.1 Å². The van der Waals surface area contributed by atoms with Gasteiger partial charge in [0.05, 0.1) is 0 Å². The van der Waals surface area contributed by atoms with Gasteiger partial charge >= 0.3 is 0 Å². The summed E-state index contributed by atoms with van der Waals surface area (Å²) in [6, 6.07) is 17.3. The largest absolute Gasteiger partial charge is 0.339 e. The number of rotatable bonds is 8. The van der Waals surface area contributed by atoms with Gasteiger partial charge in [-0.15, -0.1) is 0 Å². The fraction of sp³-hybridized carbons (Fsp3) is 0.125. The number of hydrogen-bond acceptors (Lipinski definition) is 6. The van der Waals surface area contributed by atoms with Gasteiger partial charge in [0.15, 0.2) is 0 Å². The molecule has 0 fully saturated rings. The highest BCUT2D eigenvalue weighted by Crippen LogP contribution is 2.19. The molecule has 2 amide bonds. The second-order valence-electron chi connectivity index (χ2n) is 7.19. The number of halogens is 1. The maximum atomic E-state index is 12.4. The molecule has 0 bridgehead atoms. The third-order valence-corrected chi connectivity index (χ3v) is 4.96. The zero-order chi connectivity index (χ0) is 23.0. The number of nitrogens with zero attached hydrogens (tertiary/aromatic N) is 3. The van der Waals surface area contributed by atoms with Crippen LogP contribution in [0.5, 0.6) is 0 Å². The lowest BCUT2D eigenvalue weighted by Crippen LogP contribution is -2.14. The molecule has 166 valence electrons. The summed E-state index contributed by atoms with van der Waals surface area (Å²) >= 11 is 5.89. The van der Waals surface area contributed by atoms with E-state index >= 15 is 0 Å². The van der Waals surface area contributed by atoms with E-state index in [2.05, 4.69) is 25.8 Å². The van der Waals surface area contributed by atoms with Crippen molar-refractivity contribution in [2.75, 3.05) is 10.6 Å². The quantitative estimate of drug-likeness (QED) is 0.382. The molecule has 2 N–H and O–H groups in total. The number of aromatic nitrogens is 3. The van der Waals surface area contributed by atoms with Crippen molar-refractivity contribution in [2.24, 2.45) is 0 Å². The van der Waals surface area contributed by atoms with Crippen LogP contribution in [0.3, 0.4) is 0 Å². The zero-order valence-electron chi connectivity index (χ0n) is 17.5. The minimum Gasteiger partial charge on any atom is -0.339 e. The molecular weight excluding hydrogens is 442 g/mol. The van der Waals surface area contributed by atoms with Crippen molar-refractivity contribution in [3.05, 3.63) is 89.5 Å². The monoisotopic (exact) mass is 461 g/mol. The zero-order valence-corrected chi connectivity index (χ0v) is 18.2. The second kappa shape index (κ2) is 10.5. The lowest BCUT2D eigenvalue weighted by Gasteiger charge is -2.08. The van der Waals surface area contributed by atoms with Gasteiger partial charge in [-0.3, -0.25) is 14.6 Å². The Hall–Kier alpha value is -4.04. The predicted molar refractivity (Wildman–Crippen MR) is 125 cm³/mol. The summed E-state index contributed by atoms with van der Waals surface area (Å²) in [4.78, 5) is 33.0. The van der Waals surface area contributed by atoms with Crippen molar-refractivity contribution in [1.29, 1.82) is 0 Å². The molecule has 0 radical (unpaired) electrons. The minimum atomic E-state index is -0.273. The van der Waals surface area contributed by atoms with E-state index in [0.717, 1.165) is 5.56 Å². The van der Waals surface area contributed by atoms with E-state index < -0.39 is 0 Å². The Bertz CT molecular complexity index is 1240. The molecule has 0 saturated carbocycles. The van der Waals surface area contributed by atoms with Crippen LogP contribution in [0.15, 0.2) is 77.6 Å². The van der Waals surface area contributed by atoms with Gasteiger partial charge < -0.3 is 15.2 Å². The molecule has 0 saturated heterocycles. The van der Waals surface area contributed by atoms with Crippen molar-refractivity contribution < 1.29 is 14.1 Å². The molecule has 33 heavy (non-hydrogen) atoms. The Labute approximate surface area is 195 Å². The molecule has 4 aromatic rings. The first kappa shape index (κ1) is 22.2.